The van der Waals surface area contributed by atoms with Crippen LogP contribution in [0.2, 0.25) is 0 Å². The van der Waals surface area contributed by atoms with Crippen LogP contribution in [0.15, 0.2) is 30.3 Å². The van der Waals surface area contributed by atoms with Gasteiger partial charge >= 0.3 is 5.97 Å². The van der Waals surface area contributed by atoms with E-state index in [1.54, 1.807) is 6.92 Å². The number of amides is 3. The smallest absolute Gasteiger partial charge is 0.326 e. The van der Waals surface area contributed by atoms with E-state index in [0.29, 0.717) is 12.2 Å². The van der Waals surface area contributed by atoms with Crippen molar-refractivity contribution in [2.24, 2.45) is 0 Å². The summed E-state index contributed by atoms with van der Waals surface area (Å²) >= 11 is 1.49. The van der Waals surface area contributed by atoms with E-state index in [-0.39, 0.29) is 24.8 Å². The topological polar surface area (TPSA) is 137 Å². The van der Waals surface area contributed by atoms with Crippen molar-refractivity contribution >= 4 is 35.5 Å². The number of carbonyl (C=O) groups excluding carboxylic acids is 3. The molecule has 10 heteroatoms. The summed E-state index contributed by atoms with van der Waals surface area (Å²) in [5, 5.41) is 20.4. The number of aliphatic carboxylic acids is 1. The molecule has 32 heavy (non-hydrogen) atoms. The summed E-state index contributed by atoms with van der Waals surface area (Å²) in [5.74, 6) is -1.89. The normalized spacial score (nSPS) is 18.2. The summed E-state index contributed by atoms with van der Waals surface area (Å²) in [7, 11) is 0. The minimum atomic E-state index is -1.12. The summed E-state index contributed by atoms with van der Waals surface area (Å²) in [4.78, 5) is 49.5. The van der Waals surface area contributed by atoms with E-state index in [1.165, 1.54) is 11.8 Å². The van der Waals surface area contributed by atoms with Crippen LogP contribution < -0.4 is 21.3 Å². The molecule has 1 aliphatic heterocycles. The molecule has 0 saturated carbocycles. The number of thioether (sulfide) groups is 1. The molecule has 4 unspecified atom stereocenters. The number of benzene rings is 1. The predicted molar refractivity (Wildman–Crippen MR) is 123 cm³/mol. The van der Waals surface area contributed by atoms with Crippen LogP contribution in [0, 0.1) is 0 Å². The Morgan fingerprint density at radius 1 is 1.09 bits per heavy atom. The molecular weight excluding hydrogens is 432 g/mol. The van der Waals surface area contributed by atoms with E-state index in [2.05, 4.69) is 21.3 Å². The lowest BCUT2D eigenvalue weighted by molar-refractivity contribution is -0.142. The maximum atomic E-state index is 12.9. The van der Waals surface area contributed by atoms with Crippen LogP contribution in [0.4, 0.5) is 0 Å². The van der Waals surface area contributed by atoms with Crippen LogP contribution in [0.25, 0.3) is 0 Å². The van der Waals surface area contributed by atoms with Gasteiger partial charge in [0.1, 0.15) is 18.1 Å². The first kappa shape index (κ1) is 25.7. The molecule has 1 saturated heterocycles. The van der Waals surface area contributed by atoms with Crippen molar-refractivity contribution in [3.8, 4) is 0 Å². The standard InChI is InChI=1S/C22H32N4O5S/c1-14(24-20(28)16-9-6-11-23-16)19(27)26-18(13-15-7-4-3-5-8-15)21(29)25-17(22(30)31)10-12-32-2/h3-5,7-8,14,16-18,23H,6,9-13H2,1-2H3,(H,24,28)(H,25,29)(H,26,27)(H,30,31). The number of nitrogens with one attached hydrogen (secondary N) is 4. The van der Waals surface area contributed by atoms with Crippen LogP contribution >= 0.6 is 11.8 Å². The maximum Gasteiger partial charge on any atom is 0.326 e. The largest absolute Gasteiger partial charge is 0.480 e. The molecule has 1 aromatic carbocycles. The summed E-state index contributed by atoms with van der Waals surface area (Å²) in [6.07, 6.45) is 3.94. The Hall–Kier alpha value is -2.59. The lowest BCUT2D eigenvalue weighted by atomic mass is 10.0. The highest BCUT2D eigenvalue weighted by Gasteiger charge is 2.29. The first-order valence-corrected chi connectivity index (χ1v) is 12.1. The van der Waals surface area contributed by atoms with Crippen molar-refractivity contribution in [1.29, 1.82) is 0 Å². The number of carbonyl (C=O) groups is 4. The minimum Gasteiger partial charge on any atom is -0.480 e. The molecule has 176 valence electrons. The number of carboxylic acid groups (broad SMARTS) is 1. The second kappa shape index (κ2) is 13.1. The molecule has 1 heterocycles. The van der Waals surface area contributed by atoms with Crippen molar-refractivity contribution in [2.75, 3.05) is 18.6 Å². The Bertz CT molecular complexity index is 786. The van der Waals surface area contributed by atoms with Gasteiger partial charge in [0.05, 0.1) is 6.04 Å². The molecule has 1 aliphatic rings. The van der Waals surface area contributed by atoms with Crippen LogP contribution in [0.5, 0.6) is 0 Å². The lowest BCUT2D eigenvalue weighted by Crippen LogP contribution is -2.57. The van der Waals surface area contributed by atoms with Crippen LogP contribution in [0.1, 0.15) is 31.7 Å². The molecule has 1 aromatic rings. The Labute approximate surface area is 192 Å². The zero-order chi connectivity index (χ0) is 23.5. The Balaban J connectivity index is 2.06. The van der Waals surface area contributed by atoms with Crippen molar-refractivity contribution in [3.05, 3.63) is 35.9 Å². The van der Waals surface area contributed by atoms with Gasteiger partial charge in [-0.05, 0) is 50.3 Å². The van der Waals surface area contributed by atoms with Gasteiger partial charge in [-0.1, -0.05) is 30.3 Å². The molecule has 0 bridgehead atoms. The number of hydrogen-bond donors (Lipinski definition) is 5. The second-order valence-corrected chi connectivity index (χ2v) is 8.80. The lowest BCUT2D eigenvalue weighted by Gasteiger charge is -2.24. The molecule has 3 amide bonds. The van der Waals surface area contributed by atoms with Gasteiger partial charge < -0.3 is 26.4 Å². The van der Waals surface area contributed by atoms with Gasteiger partial charge in [-0.2, -0.15) is 11.8 Å². The number of hydrogen-bond acceptors (Lipinski definition) is 6. The molecule has 4 atom stereocenters. The molecule has 5 N–H and O–H groups in total. The Kier molecular flexibility index (Phi) is 10.5. The molecule has 0 spiro atoms. The third-order valence-corrected chi connectivity index (χ3v) is 5.91. The van der Waals surface area contributed by atoms with E-state index >= 15 is 0 Å². The summed E-state index contributed by atoms with van der Waals surface area (Å²) in [6.45, 7) is 2.32. The summed E-state index contributed by atoms with van der Waals surface area (Å²) < 4.78 is 0. The molecule has 9 nitrogen and oxygen atoms in total. The van der Waals surface area contributed by atoms with Gasteiger partial charge in [-0.3, -0.25) is 14.4 Å². The highest BCUT2D eigenvalue weighted by molar-refractivity contribution is 7.98. The fraction of sp³-hybridized carbons (Fsp3) is 0.545. The van der Waals surface area contributed by atoms with Crippen molar-refractivity contribution in [1.82, 2.24) is 21.3 Å². The first-order chi connectivity index (χ1) is 15.3. The fourth-order valence-corrected chi connectivity index (χ4v) is 3.88. The van der Waals surface area contributed by atoms with Gasteiger partial charge in [0, 0.05) is 6.42 Å². The SMILES string of the molecule is CSCCC(NC(=O)C(Cc1ccccc1)NC(=O)C(C)NC(=O)C1CCCN1)C(=O)O. The third kappa shape index (κ3) is 8.16. The molecule has 0 aliphatic carbocycles. The molecule has 1 fully saturated rings. The van der Waals surface area contributed by atoms with Gasteiger partial charge in [-0.25, -0.2) is 4.79 Å². The maximum absolute atomic E-state index is 12.9. The van der Waals surface area contributed by atoms with E-state index in [4.69, 9.17) is 0 Å². The van der Waals surface area contributed by atoms with Crippen LogP contribution in [0.3, 0.4) is 0 Å². The van der Waals surface area contributed by atoms with Gasteiger partial charge in [0.2, 0.25) is 17.7 Å². The van der Waals surface area contributed by atoms with Crippen LogP contribution in [-0.4, -0.2) is 71.5 Å². The number of rotatable bonds is 12. The predicted octanol–water partition coefficient (Wildman–Crippen LogP) is 0.293. The summed E-state index contributed by atoms with van der Waals surface area (Å²) in [6, 6.07) is 5.95. The average Bonchev–Trinajstić information content (AvgIpc) is 3.31. The van der Waals surface area contributed by atoms with E-state index in [1.807, 2.05) is 36.6 Å². The van der Waals surface area contributed by atoms with Gasteiger partial charge in [-0.15, -0.1) is 0 Å². The Morgan fingerprint density at radius 2 is 1.78 bits per heavy atom. The van der Waals surface area contributed by atoms with E-state index in [0.717, 1.165) is 18.5 Å². The molecule has 0 aromatic heterocycles. The average molecular weight is 465 g/mol. The van der Waals surface area contributed by atoms with E-state index < -0.39 is 35.9 Å². The van der Waals surface area contributed by atoms with Crippen molar-refractivity contribution in [2.45, 2.75) is 56.8 Å². The zero-order valence-corrected chi connectivity index (χ0v) is 19.2. The first-order valence-electron chi connectivity index (χ1n) is 10.7. The second-order valence-electron chi connectivity index (χ2n) is 7.81. The number of carboxylic acids is 1. The molecule has 0 radical (unpaired) electrons. The van der Waals surface area contributed by atoms with Crippen LogP contribution in [-0.2, 0) is 25.6 Å². The Morgan fingerprint density at radius 3 is 2.38 bits per heavy atom. The van der Waals surface area contributed by atoms with Crippen molar-refractivity contribution in [3.63, 3.8) is 0 Å². The monoisotopic (exact) mass is 464 g/mol. The van der Waals surface area contributed by atoms with Crippen molar-refractivity contribution < 1.29 is 24.3 Å². The van der Waals surface area contributed by atoms with Gasteiger partial charge in [0.25, 0.3) is 0 Å². The highest BCUT2D eigenvalue weighted by atomic mass is 32.2. The fourth-order valence-electron chi connectivity index (χ4n) is 3.41. The zero-order valence-electron chi connectivity index (χ0n) is 18.4. The van der Waals surface area contributed by atoms with E-state index in [9.17, 15) is 24.3 Å². The summed E-state index contributed by atoms with van der Waals surface area (Å²) in [5.41, 5.74) is 0.816. The van der Waals surface area contributed by atoms with Gasteiger partial charge in [0.15, 0.2) is 0 Å². The molecule has 2 rings (SSSR count). The third-order valence-electron chi connectivity index (χ3n) is 5.27. The molecular formula is C22H32N4O5S. The highest BCUT2D eigenvalue weighted by Crippen LogP contribution is 2.08. The minimum absolute atomic E-state index is 0.193. The quantitative estimate of drug-likeness (QED) is 0.300.